The fourth-order valence-electron chi connectivity index (χ4n) is 5.37. The monoisotopic (exact) mass is 615 g/mol. The molecule has 0 saturated carbocycles. The van der Waals surface area contributed by atoms with Gasteiger partial charge in [-0.25, -0.2) is 0 Å². The van der Waals surface area contributed by atoms with E-state index in [1.54, 1.807) is 0 Å². The molecule has 190 valence electrons. The van der Waals surface area contributed by atoms with Gasteiger partial charge in [-0.15, -0.1) is 0 Å². The van der Waals surface area contributed by atoms with Crippen molar-refractivity contribution >= 4 is 53.7 Å². The van der Waals surface area contributed by atoms with Crippen LogP contribution in [0.2, 0.25) is 0 Å². The lowest BCUT2D eigenvalue weighted by molar-refractivity contribution is 0.545. The Morgan fingerprint density at radius 3 is 1.32 bits per heavy atom. The van der Waals surface area contributed by atoms with Gasteiger partial charge in [0.25, 0.3) is 0 Å². The standard InChI is InChI=1S/C34H35Br2N/c1-24(2)23-37-33-19-13-27(7-3-5-25-9-15-29(35)16-10-25)21-31(33)32-22-28(14-20-34(32)37)8-4-6-26-11-17-30(36)18-12-26/h9-22,24H,3-8,23H2,1-2H3. The predicted octanol–water partition coefficient (Wildman–Crippen LogP) is 10.3. The minimum atomic E-state index is 0.606. The highest BCUT2D eigenvalue weighted by atomic mass is 79.9. The van der Waals surface area contributed by atoms with Crippen LogP contribution in [0.15, 0.2) is 93.9 Å². The lowest BCUT2D eigenvalue weighted by Gasteiger charge is -2.11. The molecule has 1 aromatic heterocycles. The summed E-state index contributed by atoms with van der Waals surface area (Å²) in [6, 6.07) is 31.8. The summed E-state index contributed by atoms with van der Waals surface area (Å²) in [5.41, 5.74) is 8.43. The molecule has 0 atom stereocenters. The Hall–Kier alpha value is -2.36. The first-order chi connectivity index (χ1) is 18.0. The molecule has 0 spiro atoms. The molecule has 0 bridgehead atoms. The van der Waals surface area contributed by atoms with Crippen LogP contribution in [0.1, 0.15) is 48.9 Å². The minimum Gasteiger partial charge on any atom is -0.340 e. The van der Waals surface area contributed by atoms with Crippen LogP contribution >= 0.6 is 31.9 Å². The highest BCUT2D eigenvalue weighted by Crippen LogP contribution is 2.32. The fourth-order valence-corrected chi connectivity index (χ4v) is 5.90. The van der Waals surface area contributed by atoms with Crippen LogP contribution in [0.5, 0.6) is 0 Å². The molecule has 5 rings (SSSR count). The zero-order valence-corrected chi connectivity index (χ0v) is 25.0. The maximum Gasteiger partial charge on any atom is 0.0491 e. The molecule has 3 heteroatoms. The van der Waals surface area contributed by atoms with Crippen molar-refractivity contribution in [1.29, 1.82) is 0 Å². The van der Waals surface area contributed by atoms with Crippen LogP contribution in [-0.4, -0.2) is 4.57 Å². The van der Waals surface area contributed by atoms with E-state index in [0.717, 1.165) is 41.2 Å². The molecule has 0 aliphatic heterocycles. The van der Waals surface area contributed by atoms with Gasteiger partial charge in [0.2, 0.25) is 0 Å². The van der Waals surface area contributed by atoms with E-state index in [0.29, 0.717) is 5.92 Å². The lowest BCUT2D eigenvalue weighted by Crippen LogP contribution is -2.03. The number of hydrogen-bond acceptors (Lipinski definition) is 0. The number of hydrogen-bond donors (Lipinski definition) is 0. The van der Waals surface area contributed by atoms with Crippen LogP contribution < -0.4 is 0 Å². The largest absolute Gasteiger partial charge is 0.340 e. The second-order valence-electron chi connectivity index (χ2n) is 10.7. The summed E-state index contributed by atoms with van der Waals surface area (Å²) in [6.45, 7) is 5.67. The molecule has 1 nitrogen and oxygen atoms in total. The first-order valence-electron chi connectivity index (χ1n) is 13.5. The smallest absolute Gasteiger partial charge is 0.0491 e. The molecule has 5 aromatic rings. The molecular weight excluding hydrogens is 582 g/mol. The van der Waals surface area contributed by atoms with Crippen LogP contribution in [-0.2, 0) is 32.2 Å². The van der Waals surface area contributed by atoms with E-state index < -0.39 is 0 Å². The Balaban J connectivity index is 1.37. The number of aromatic nitrogens is 1. The van der Waals surface area contributed by atoms with Gasteiger partial charge < -0.3 is 4.57 Å². The van der Waals surface area contributed by atoms with Gasteiger partial charge in [0.05, 0.1) is 0 Å². The topological polar surface area (TPSA) is 4.93 Å². The number of halogens is 2. The minimum absolute atomic E-state index is 0.606. The lowest BCUT2D eigenvalue weighted by atomic mass is 10.0. The molecule has 0 saturated heterocycles. The maximum absolute atomic E-state index is 3.54. The third-order valence-corrected chi connectivity index (χ3v) is 8.29. The third kappa shape index (κ3) is 6.56. The second kappa shape index (κ2) is 12.0. The van der Waals surface area contributed by atoms with Gasteiger partial charge in [0.1, 0.15) is 0 Å². The van der Waals surface area contributed by atoms with Crippen molar-refractivity contribution in [3.63, 3.8) is 0 Å². The van der Waals surface area contributed by atoms with E-state index in [4.69, 9.17) is 0 Å². The maximum atomic E-state index is 3.54. The van der Waals surface area contributed by atoms with Crippen LogP contribution in [0.25, 0.3) is 21.8 Å². The van der Waals surface area contributed by atoms with Gasteiger partial charge in [-0.1, -0.05) is 82.1 Å². The van der Waals surface area contributed by atoms with Crippen LogP contribution in [0.3, 0.4) is 0 Å². The van der Waals surface area contributed by atoms with Gasteiger partial charge in [0.15, 0.2) is 0 Å². The highest BCUT2D eigenvalue weighted by Gasteiger charge is 2.13. The van der Waals surface area contributed by atoms with E-state index in [1.807, 2.05) is 0 Å². The Morgan fingerprint density at radius 2 is 0.919 bits per heavy atom. The summed E-state index contributed by atoms with van der Waals surface area (Å²) < 4.78 is 4.83. The van der Waals surface area contributed by atoms with Crippen molar-refractivity contribution < 1.29 is 0 Å². The SMILES string of the molecule is CC(C)Cn1c2ccc(CCCc3ccc(Br)cc3)cc2c2cc(CCCc3ccc(Br)cc3)ccc21. The van der Waals surface area contributed by atoms with E-state index >= 15 is 0 Å². The molecule has 0 amide bonds. The number of rotatable bonds is 10. The summed E-state index contributed by atoms with van der Waals surface area (Å²) in [4.78, 5) is 0. The summed E-state index contributed by atoms with van der Waals surface area (Å²) in [5, 5.41) is 2.82. The van der Waals surface area contributed by atoms with Crippen molar-refractivity contribution in [2.75, 3.05) is 0 Å². The summed E-state index contributed by atoms with van der Waals surface area (Å²) >= 11 is 7.08. The molecule has 37 heavy (non-hydrogen) atoms. The van der Waals surface area contributed by atoms with Gasteiger partial charge in [0, 0.05) is 37.3 Å². The van der Waals surface area contributed by atoms with E-state index in [2.05, 4.69) is 135 Å². The average Bonchev–Trinajstić information content (AvgIpc) is 3.18. The molecular formula is C34H35Br2N. The van der Waals surface area contributed by atoms with Crippen LogP contribution in [0, 0.1) is 5.92 Å². The zero-order valence-electron chi connectivity index (χ0n) is 21.8. The fraction of sp³-hybridized carbons (Fsp3) is 0.294. The molecule has 0 fully saturated rings. The van der Waals surface area contributed by atoms with Crippen molar-refractivity contribution in [3.8, 4) is 0 Å². The third-order valence-electron chi connectivity index (χ3n) is 7.23. The molecule has 0 aliphatic carbocycles. The van der Waals surface area contributed by atoms with Crippen molar-refractivity contribution in [3.05, 3.63) is 116 Å². The predicted molar refractivity (Wildman–Crippen MR) is 167 cm³/mol. The zero-order chi connectivity index (χ0) is 25.8. The molecule has 0 unspecified atom stereocenters. The molecule has 0 aliphatic rings. The Morgan fingerprint density at radius 1 is 0.541 bits per heavy atom. The number of fused-ring (bicyclic) bond motifs is 3. The van der Waals surface area contributed by atoms with Gasteiger partial charge >= 0.3 is 0 Å². The molecule has 0 radical (unpaired) electrons. The average molecular weight is 617 g/mol. The van der Waals surface area contributed by atoms with Crippen molar-refractivity contribution in [2.45, 2.75) is 58.9 Å². The number of nitrogens with zero attached hydrogens (tertiary/aromatic N) is 1. The van der Waals surface area contributed by atoms with Gasteiger partial charge in [-0.3, -0.25) is 0 Å². The van der Waals surface area contributed by atoms with E-state index in [1.165, 1.54) is 56.9 Å². The summed E-state index contributed by atoms with van der Waals surface area (Å²) in [6.07, 6.45) is 6.77. The number of benzene rings is 4. The Bertz CT molecular complexity index is 1370. The highest BCUT2D eigenvalue weighted by molar-refractivity contribution is 9.10. The van der Waals surface area contributed by atoms with Crippen molar-refractivity contribution in [1.82, 2.24) is 4.57 Å². The Labute approximate surface area is 238 Å². The summed E-state index contributed by atoms with van der Waals surface area (Å²) in [5.74, 6) is 0.606. The quantitative estimate of drug-likeness (QED) is 0.147. The first kappa shape index (κ1) is 26.3. The molecule has 4 aromatic carbocycles. The van der Waals surface area contributed by atoms with Gasteiger partial charge in [-0.2, -0.15) is 0 Å². The van der Waals surface area contributed by atoms with E-state index in [9.17, 15) is 0 Å². The van der Waals surface area contributed by atoms with Crippen LogP contribution in [0.4, 0.5) is 0 Å². The second-order valence-corrected chi connectivity index (χ2v) is 12.5. The number of aryl methyl sites for hydroxylation is 4. The molecule has 1 heterocycles. The van der Waals surface area contributed by atoms with Crippen molar-refractivity contribution in [2.24, 2.45) is 5.92 Å². The normalized spacial score (nSPS) is 11.7. The van der Waals surface area contributed by atoms with E-state index in [-0.39, 0.29) is 0 Å². The molecule has 0 N–H and O–H groups in total. The first-order valence-corrected chi connectivity index (χ1v) is 15.1. The Kier molecular flexibility index (Phi) is 8.52. The summed E-state index contributed by atoms with van der Waals surface area (Å²) in [7, 11) is 0. The van der Waals surface area contributed by atoms with Gasteiger partial charge in [-0.05, 0) is 115 Å².